The summed E-state index contributed by atoms with van der Waals surface area (Å²) in [5, 5.41) is 6.57. The molecule has 0 saturated heterocycles. The Morgan fingerprint density at radius 3 is 2.84 bits per heavy atom. The predicted molar refractivity (Wildman–Crippen MR) is 98.5 cm³/mol. The zero-order chi connectivity index (χ0) is 17.2. The van der Waals surface area contributed by atoms with Gasteiger partial charge < -0.3 is 9.73 Å². The Balaban J connectivity index is 1.55. The molecule has 1 amide bonds. The van der Waals surface area contributed by atoms with Crippen LogP contribution in [0.1, 0.15) is 11.1 Å². The Morgan fingerprint density at radius 2 is 2.00 bits per heavy atom. The van der Waals surface area contributed by atoms with Gasteiger partial charge in [0.25, 0.3) is 0 Å². The van der Waals surface area contributed by atoms with Gasteiger partial charge in [-0.2, -0.15) is 0 Å². The monoisotopic (exact) mass is 350 g/mol. The molecule has 0 fully saturated rings. The highest BCUT2D eigenvalue weighted by Gasteiger charge is 2.13. The molecule has 124 valence electrons. The Kier molecular flexibility index (Phi) is 4.12. The molecule has 0 radical (unpaired) electrons. The van der Waals surface area contributed by atoms with Crippen molar-refractivity contribution in [2.75, 3.05) is 0 Å². The molecule has 25 heavy (non-hydrogen) atoms. The summed E-state index contributed by atoms with van der Waals surface area (Å²) in [6, 6.07) is 15.6. The van der Waals surface area contributed by atoms with Crippen LogP contribution in [-0.2, 0) is 17.8 Å². The van der Waals surface area contributed by atoms with E-state index in [1.54, 1.807) is 18.5 Å². The van der Waals surface area contributed by atoms with E-state index in [1.807, 2.05) is 36.4 Å². The number of amides is 1. The topological polar surface area (TPSA) is 55.1 Å². The van der Waals surface area contributed by atoms with E-state index in [0.717, 1.165) is 32.9 Å². The lowest BCUT2D eigenvalue weighted by Gasteiger charge is -2.05. The van der Waals surface area contributed by atoms with E-state index in [4.69, 9.17) is 16.0 Å². The zero-order valence-corrected chi connectivity index (χ0v) is 14.1. The van der Waals surface area contributed by atoms with Gasteiger partial charge in [-0.05, 0) is 28.5 Å². The fourth-order valence-corrected chi connectivity index (χ4v) is 3.06. The Bertz CT molecular complexity index is 1050. The van der Waals surface area contributed by atoms with Crippen LogP contribution in [-0.4, -0.2) is 10.9 Å². The number of furan rings is 1. The standard InChI is InChI=1S/C20H15ClN2O2/c21-18-8-5-13(10-22-18)11-23-19(24)9-15-12-25-17-7-6-14-3-1-2-4-16(14)20(15)17/h1-8,10,12H,9,11H2,(H,23,24). The highest BCUT2D eigenvalue weighted by atomic mass is 35.5. The number of carbonyl (C=O) groups is 1. The second-order valence-corrected chi connectivity index (χ2v) is 6.25. The number of rotatable bonds is 4. The maximum atomic E-state index is 12.3. The van der Waals surface area contributed by atoms with Crippen molar-refractivity contribution < 1.29 is 9.21 Å². The summed E-state index contributed by atoms with van der Waals surface area (Å²) in [6.07, 6.45) is 3.59. The number of pyridine rings is 1. The number of aromatic nitrogens is 1. The second kappa shape index (κ2) is 6.57. The number of hydrogen-bond acceptors (Lipinski definition) is 3. The lowest BCUT2D eigenvalue weighted by atomic mass is 10.0. The van der Waals surface area contributed by atoms with Gasteiger partial charge in [0.1, 0.15) is 10.7 Å². The summed E-state index contributed by atoms with van der Waals surface area (Å²) in [7, 11) is 0. The van der Waals surface area contributed by atoms with Crippen molar-refractivity contribution in [3.8, 4) is 0 Å². The highest BCUT2D eigenvalue weighted by Crippen LogP contribution is 2.30. The molecule has 0 aliphatic heterocycles. The Labute approximate surface area is 149 Å². The lowest BCUT2D eigenvalue weighted by Crippen LogP contribution is -2.24. The smallest absolute Gasteiger partial charge is 0.224 e. The van der Waals surface area contributed by atoms with Crippen molar-refractivity contribution in [1.29, 1.82) is 0 Å². The van der Waals surface area contributed by atoms with Crippen molar-refractivity contribution in [1.82, 2.24) is 10.3 Å². The van der Waals surface area contributed by atoms with Crippen LogP contribution in [0.25, 0.3) is 21.7 Å². The largest absolute Gasteiger partial charge is 0.464 e. The molecule has 4 nitrogen and oxygen atoms in total. The minimum Gasteiger partial charge on any atom is -0.464 e. The van der Waals surface area contributed by atoms with Gasteiger partial charge in [0.2, 0.25) is 5.91 Å². The Morgan fingerprint density at radius 1 is 1.12 bits per heavy atom. The van der Waals surface area contributed by atoms with E-state index in [0.29, 0.717) is 11.7 Å². The lowest BCUT2D eigenvalue weighted by molar-refractivity contribution is -0.120. The van der Waals surface area contributed by atoms with Gasteiger partial charge in [-0.1, -0.05) is 48.0 Å². The first-order valence-electron chi connectivity index (χ1n) is 7.96. The number of carbonyl (C=O) groups excluding carboxylic acids is 1. The molecule has 0 atom stereocenters. The molecule has 4 rings (SSSR count). The fourth-order valence-electron chi connectivity index (χ4n) is 2.95. The van der Waals surface area contributed by atoms with Gasteiger partial charge in [0.05, 0.1) is 12.7 Å². The van der Waals surface area contributed by atoms with Crippen LogP contribution in [0.4, 0.5) is 0 Å². The number of hydrogen-bond donors (Lipinski definition) is 1. The van der Waals surface area contributed by atoms with Crippen molar-refractivity contribution in [3.05, 3.63) is 77.3 Å². The molecule has 0 bridgehead atoms. The van der Waals surface area contributed by atoms with Gasteiger partial charge in [0.15, 0.2) is 0 Å². The Hall–Kier alpha value is -2.85. The van der Waals surface area contributed by atoms with E-state index < -0.39 is 0 Å². The van der Waals surface area contributed by atoms with Crippen molar-refractivity contribution >= 4 is 39.2 Å². The zero-order valence-electron chi connectivity index (χ0n) is 13.3. The van der Waals surface area contributed by atoms with Gasteiger partial charge >= 0.3 is 0 Å². The van der Waals surface area contributed by atoms with Gasteiger partial charge in [-0.25, -0.2) is 4.98 Å². The van der Waals surface area contributed by atoms with Gasteiger partial charge in [-0.15, -0.1) is 0 Å². The molecule has 0 saturated carbocycles. The SMILES string of the molecule is O=C(Cc1coc2ccc3ccccc3c12)NCc1ccc(Cl)nc1. The average molecular weight is 351 g/mol. The first-order valence-corrected chi connectivity index (χ1v) is 8.33. The first-order chi connectivity index (χ1) is 12.2. The van der Waals surface area contributed by atoms with E-state index in [2.05, 4.69) is 16.4 Å². The van der Waals surface area contributed by atoms with Crippen LogP contribution in [0, 0.1) is 0 Å². The van der Waals surface area contributed by atoms with Crippen LogP contribution in [0.3, 0.4) is 0 Å². The van der Waals surface area contributed by atoms with Crippen molar-refractivity contribution in [3.63, 3.8) is 0 Å². The van der Waals surface area contributed by atoms with Crippen molar-refractivity contribution in [2.24, 2.45) is 0 Å². The number of benzene rings is 2. The number of fused-ring (bicyclic) bond motifs is 3. The molecule has 5 heteroatoms. The van der Waals surface area contributed by atoms with E-state index in [-0.39, 0.29) is 12.3 Å². The minimum absolute atomic E-state index is 0.0643. The molecule has 0 aliphatic rings. The van der Waals surface area contributed by atoms with E-state index >= 15 is 0 Å². The molecular weight excluding hydrogens is 336 g/mol. The van der Waals surface area contributed by atoms with E-state index in [9.17, 15) is 4.79 Å². The molecule has 2 aromatic heterocycles. The predicted octanol–water partition coefficient (Wildman–Crippen LogP) is 4.49. The molecule has 1 N–H and O–H groups in total. The first kappa shape index (κ1) is 15.7. The summed E-state index contributed by atoms with van der Waals surface area (Å²) in [6.45, 7) is 0.416. The normalized spacial score (nSPS) is 11.1. The summed E-state index contributed by atoms with van der Waals surface area (Å²) in [5.41, 5.74) is 2.59. The summed E-state index contributed by atoms with van der Waals surface area (Å²) < 4.78 is 5.63. The molecule has 0 unspecified atom stereocenters. The summed E-state index contributed by atoms with van der Waals surface area (Å²) >= 11 is 5.76. The molecular formula is C20H15ClN2O2. The van der Waals surface area contributed by atoms with Crippen LogP contribution < -0.4 is 5.32 Å². The van der Waals surface area contributed by atoms with Gasteiger partial charge in [-0.3, -0.25) is 4.79 Å². The highest BCUT2D eigenvalue weighted by molar-refractivity contribution is 6.29. The fraction of sp³-hybridized carbons (Fsp3) is 0.100. The van der Waals surface area contributed by atoms with Gasteiger partial charge in [0, 0.05) is 23.7 Å². The molecule has 2 heterocycles. The average Bonchev–Trinajstić information content (AvgIpc) is 3.04. The quantitative estimate of drug-likeness (QED) is 0.551. The number of nitrogens with one attached hydrogen (secondary N) is 1. The molecule has 2 aromatic carbocycles. The second-order valence-electron chi connectivity index (χ2n) is 5.86. The minimum atomic E-state index is -0.0643. The van der Waals surface area contributed by atoms with Crippen LogP contribution in [0.2, 0.25) is 5.15 Å². The third-order valence-corrected chi connectivity index (χ3v) is 4.39. The maximum absolute atomic E-state index is 12.3. The van der Waals surface area contributed by atoms with Crippen LogP contribution in [0.5, 0.6) is 0 Å². The molecule has 4 aromatic rings. The third kappa shape index (κ3) is 3.21. The number of halogens is 1. The van der Waals surface area contributed by atoms with Crippen LogP contribution in [0.15, 0.2) is 65.4 Å². The van der Waals surface area contributed by atoms with E-state index in [1.165, 1.54) is 0 Å². The summed E-state index contributed by atoms with van der Waals surface area (Å²) in [4.78, 5) is 16.3. The number of nitrogens with zero attached hydrogens (tertiary/aromatic N) is 1. The van der Waals surface area contributed by atoms with Crippen molar-refractivity contribution in [2.45, 2.75) is 13.0 Å². The molecule has 0 aliphatic carbocycles. The summed E-state index contributed by atoms with van der Waals surface area (Å²) in [5.74, 6) is -0.0643. The molecule has 0 spiro atoms. The maximum Gasteiger partial charge on any atom is 0.224 e. The van der Waals surface area contributed by atoms with Crippen LogP contribution >= 0.6 is 11.6 Å². The third-order valence-electron chi connectivity index (χ3n) is 4.17.